The Morgan fingerprint density at radius 2 is 2.00 bits per heavy atom. The molecule has 0 aliphatic carbocycles. The van der Waals surface area contributed by atoms with Gasteiger partial charge in [-0.05, 0) is 31.5 Å². The van der Waals surface area contributed by atoms with Gasteiger partial charge >= 0.3 is 5.97 Å². The van der Waals surface area contributed by atoms with Crippen LogP contribution in [-0.2, 0) is 4.79 Å². The first kappa shape index (κ1) is 13.8. The van der Waals surface area contributed by atoms with Crippen LogP contribution in [-0.4, -0.2) is 35.2 Å². The van der Waals surface area contributed by atoms with Crippen molar-refractivity contribution in [2.24, 2.45) is 0 Å². The van der Waals surface area contributed by atoms with Crippen LogP contribution in [0.4, 0.5) is 0 Å². The van der Waals surface area contributed by atoms with E-state index >= 15 is 0 Å². The highest BCUT2D eigenvalue weighted by Gasteiger charge is 2.20. The number of phenolic OH excluding ortho intramolecular Hbond substituents is 1. The summed E-state index contributed by atoms with van der Waals surface area (Å²) in [7, 11) is 1.37. The van der Waals surface area contributed by atoms with E-state index in [0.717, 1.165) is 5.56 Å². The van der Waals surface area contributed by atoms with Crippen LogP contribution in [0.25, 0.3) is 0 Å². The maximum absolute atomic E-state index is 11.8. The molecule has 3 N–H and O–H groups in total. The normalized spacial score (nSPS) is 11.7. The number of carbonyl (C=O) groups excluding carboxylic acids is 1. The van der Waals surface area contributed by atoms with E-state index in [0.29, 0.717) is 0 Å². The largest absolute Gasteiger partial charge is 0.504 e. The van der Waals surface area contributed by atoms with Crippen LogP contribution >= 0.6 is 0 Å². The van der Waals surface area contributed by atoms with Gasteiger partial charge in [-0.1, -0.05) is 0 Å². The summed E-state index contributed by atoms with van der Waals surface area (Å²) in [6.07, 6.45) is 0. The molecule has 98 valence electrons. The van der Waals surface area contributed by atoms with Crippen molar-refractivity contribution in [3.63, 3.8) is 0 Å². The second-order valence-electron chi connectivity index (χ2n) is 3.90. The summed E-state index contributed by atoms with van der Waals surface area (Å²) in [5.41, 5.74) is 0.706. The van der Waals surface area contributed by atoms with Crippen LogP contribution in [0.15, 0.2) is 12.1 Å². The molecule has 0 heterocycles. The van der Waals surface area contributed by atoms with Gasteiger partial charge in [-0.15, -0.1) is 0 Å². The highest BCUT2D eigenvalue weighted by Crippen LogP contribution is 2.31. The number of hydrogen-bond donors (Lipinski definition) is 3. The number of aliphatic carboxylic acids is 1. The van der Waals surface area contributed by atoms with Crippen LogP contribution in [0, 0.1) is 6.92 Å². The van der Waals surface area contributed by atoms with Crippen LogP contribution in [0.2, 0.25) is 0 Å². The lowest BCUT2D eigenvalue weighted by atomic mass is 10.1. The average Bonchev–Trinajstić information content (AvgIpc) is 2.31. The molecule has 0 fully saturated rings. The second kappa shape index (κ2) is 5.39. The van der Waals surface area contributed by atoms with E-state index in [4.69, 9.17) is 9.84 Å². The van der Waals surface area contributed by atoms with Crippen LogP contribution < -0.4 is 10.1 Å². The summed E-state index contributed by atoms with van der Waals surface area (Å²) in [6.45, 7) is 3.07. The summed E-state index contributed by atoms with van der Waals surface area (Å²) >= 11 is 0. The molecule has 0 bridgehead atoms. The van der Waals surface area contributed by atoms with Gasteiger partial charge in [0.05, 0.1) is 12.7 Å². The lowest BCUT2D eigenvalue weighted by Gasteiger charge is -2.13. The molecule has 1 amide bonds. The molecule has 18 heavy (non-hydrogen) atoms. The molecule has 0 saturated heterocycles. The van der Waals surface area contributed by atoms with Crippen molar-refractivity contribution in [1.29, 1.82) is 0 Å². The number of carboxylic acid groups (broad SMARTS) is 1. The van der Waals surface area contributed by atoms with Crippen LogP contribution in [0.3, 0.4) is 0 Å². The highest BCUT2D eigenvalue weighted by atomic mass is 16.5. The fourth-order valence-electron chi connectivity index (χ4n) is 1.41. The average molecular weight is 253 g/mol. The van der Waals surface area contributed by atoms with Gasteiger partial charge in [0.1, 0.15) is 6.04 Å². The third-order valence-corrected chi connectivity index (χ3v) is 2.40. The number of carboxylic acids is 1. The Morgan fingerprint density at radius 3 is 2.50 bits per heavy atom. The van der Waals surface area contributed by atoms with Gasteiger partial charge in [0.2, 0.25) is 0 Å². The number of benzene rings is 1. The number of rotatable bonds is 4. The standard InChI is InChI=1S/C12H15NO5/c1-6-4-8(10(14)9(5-6)18-3)11(15)13-7(2)12(16)17/h4-5,7,14H,1-3H3,(H,13,15)(H,16,17)/t7-/m0/s1. The molecule has 6 heteroatoms. The Kier molecular flexibility index (Phi) is 4.14. The highest BCUT2D eigenvalue weighted by molar-refractivity contribution is 5.99. The Bertz CT molecular complexity index is 484. The first-order valence-electron chi connectivity index (χ1n) is 5.28. The van der Waals surface area contributed by atoms with E-state index in [2.05, 4.69) is 5.32 Å². The van der Waals surface area contributed by atoms with E-state index in [9.17, 15) is 14.7 Å². The van der Waals surface area contributed by atoms with E-state index in [1.165, 1.54) is 20.1 Å². The molecule has 1 aromatic rings. The minimum atomic E-state index is -1.15. The maximum Gasteiger partial charge on any atom is 0.325 e. The Balaban J connectivity index is 3.06. The number of aryl methyl sites for hydroxylation is 1. The fraction of sp³-hybridized carbons (Fsp3) is 0.333. The quantitative estimate of drug-likeness (QED) is 0.741. The van der Waals surface area contributed by atoms with Gasteiger partial charge in [-0.25, -0.2) is 0 Å². The van der Waals surface area contributed by atoms with Crippen molar-refractivity contribution in [3.8, 4) is 11.5 Å². The van der Waals surface area contributed by atoms with Crippen molar-refractivity contribution in [1.82, 2.24) is 5.32 Å². The molecule has 0 unspecified atom stereocenters. The number of carbonyl (C=O) groups is 2. The first-order chi connectivity index (χ1) is 8.36. The molecule has 1 aromatic carbocycles. The lowest BCUT2D eigenvalue weighted by molar-refractivity contribution is -0.138. The van der Waals surface area contributed by atoms with Gasteiger partial charge in [0.15, 0.2) is 11.5 Å². The van der Waals surface area contributed by atoms with Crippen molar-refractivity contribution in [2.75, 3.05) is 7.11 Å². The number of hydrogen-bond acceptors (Lipinski definition) is 4. The third kappa shape index (κ3) is 2.91. The molecule has 0 aliphatic rings. The zero-order chi connectivity index (χ0) is 13.9. The van der Waals surface area contributed by atoms with Crippen molar-refractivity contribution >= 4 is 11.9 Å². The number of phenols is 1. The van der Waals surface area contributed by atoms with Crippen molar-refractivity contribution in [3.05, 3.63) is 23.3 Å². The van der Waals surface area contributed by atoms with Gasteiger partial charge in [-0.3, -0.25) is 9.59 Å². The number of nitrogens with one attached hydrogen (secondary N) is 1. The summed E-state index contributed by atoms with van der Waals surface area (Å²) in [4.78, 5) is 22.4. The van der Waals surface area contributed by atoms with Gasteiger partial charge in [0.25, 0.3) is 5.91 Å². The zero-order valence-electron chi connectivity index (χ0n) is 10.4. The summed E-state index contributed by atoms with van der Waals surface area (Å²) in [5, 5.41) is 20.8. The smallest absolute Gasteiger partial charge is 0.325 e. The minimum absolute atomic E-state index is 0.0139. The second-order valence-corrected chi connectivity index (χ2v) is 3.90. The van der Waals surface area contributed by atoms with Crippen molar-refractivity contribution < 1.29 is 24.5 Å². The summed E-state index contributed by atoms with van der Waals surface area (Å²) < 4.78 is 4.92. The Hall–Kier alpha value is -2.24. The Labute approximate surface area is 104 Å². The topological polar surface area (TPSA) is 95.9 Å². The number of ether oxygens (including phenoxy) is 1. The monoisotopic (exact) mass is 253 g/mol. The molecule has 6 nitrogen and oxygen atoms in total. The lowest BCUT2D eigenvalue weighted by Crippen LogP contribution is -2.38. The molecule has 1 rings (SSSR count). The van der Waals surface area contributed by atoms with Gasteiger partial charge in [0, 0.05) is 0 Å². The van der Waals surface area contributed by atoms with Crippen LogP contribution in [0.1, 0.15) is 22.8 Å². The summed E-state index contributed by atoms with van der Waals surface area (Å²) in [5.74, 6) is -1.95. The molecule has 0 saturated carbocycles. The first-order valence-corrected chi connectivity index (χ1v) is 5.28. The molecule has 1 atom stereocenters. The maximum atomic E-state index is 11.8. The molecular formula is C12H15NO5. The molecule has 0 aliphatic heterocycles. The van der Waals surface area contributed by atoms with E-state index in [-0.39, 0.29) is 17.1 Å². The fourth-order valence-corrected chi connectivity index (χ4v) is 1.41. The molecule has 0 spiro atoms. The van der Waals surface area contributed by atoms with Gasteiger partial charge < -0.3 is 20.3 Å². The zero-order valence-corrected chi connectivity index (χ0v) is 10.4. The van der Waals surface area contributed by atoms with E-state index < -0.39 is 17.9 Å². The van der Waals surface area contributed by atoms with Crippen molar-refractivity contribution in [2.45, 2.75) is 19.9 Å². The summed E-state index contributed by atoms with van der Waals surface area (Å²) in [6, 6.07) is 2.00. The van der Waals surface area contributed by atoms with E-state index in [1.807, 2.05) is 0 Å². The number of methoxy groups -OCH3 is 1. The van der Waals surface area contributed by atoms with Gasteiger partial charge in [-0.2, -0.15) is 0 Å². The molecular weight excluding hydrogens is 238 g/mol. The number of amides is 1. The molecule has 0 aromatic heterocycles. The van der Waals surface area contributed by atoms with E-state index in [1.54, 1.807) is 13.0 Å². The number of aromatic hydroxyl groups is 1. The molecule has 0 radical (unpaired) electrons. The third-order valence-electron chi connectivity index (χ3n) is 2.40. The minimum Gasteiger partial charge on any atom is -0.504 e. The predicted octanol–water partition coefficient (Wildman–Crippen LogP) is 0.912. The SMILES string of the molecule is COc1cc(C)cc(C(=O)N[C@@H](C)C(=O)O)c1O. The van der Waals surface area contributed by atoms with Crippen LogP contribution in [0.5, 0.6) is 11.5 Å². The predicted molar refractivity (Wildman–Crippen MR) is 64.0 cm³/mol. The Morgan fingerprint density at radius 1 is 1.39 bits per heavy atom.